The Hall–Kier alpha value is -1.62. The molecule has 2 N–H and O–H groups in total. The molecule has 5 nitrogen and oxygen atoms in total. The van der Waals surface area contributed by atoms with E-state index in [0.29, 0.717) is 0 Å². The van der Waals surface area contributed by atoms with Crippen molar-refractivity contribution in [2.75, 3.05) is 6.54 Å². The van der Waals surface area contributed by atoms with E-state index in [-0.39, 0.29) is 0 Å². The van der Waals surface area contributed by atoms with Crippen molar-refractivity contribution in [1.82, 2.24) is 25.3 Å². The molecule has 84 valence electrons. The fourth-order valence-electron chi connectivity index (χ4n) is 2.22. The first kappa shape index (κ1) is 9.59. The SMILES string of the molecule is Cc1cc(-n2nc3c(c2C)CCNC3)n[nH]1. The van der Waals surface area contributed by atoms with Crippen LogP contribution in [0.4, 0.5) is 0 Å². The molecule has 1 aliphatic heterocycles. The number of nitrogens with zero attached hydrogens (tertiary/aromatic N) is 3. The van der Waals surface area contributed by atoms with Crippen LogP contribution in [-0.2, 0) is 13.0 Å². The zero-order valence-corrected chi connectivity index (χ0v) is 9.54. The van der Waals surface area contributed by atoms with Gasteiger partial charge in [-0.3, -0.25) is 5.10 Å². The number of aromatic nitrogens is 4. The fraction of sp³-hybridized carbons (Fsp3) is 0.455. The number of hydrogen-bond donors (Lipinski definition) is 2. The van der Waals surface area contributed by atoms with Crippen molar-refractivity contribution in [3.05, 3.63) is 28.7 Å². The highest BCUT2D eigenvalue weighted by atomic mass is 15.4. The van der Waals surface area contributed by atoms with Gasteiger partial charge in [0.25, 0.3) is 0 Å². The van der Waals surface area contributed by atoms with Gasteiger partial charge in [0.15, 0.2) is 5.82 Å². The molecular formula is C11H15N5. The van der Waals surface area contributed by atoms with E-state index in [2.05, 4.69) is 27.5 Å². The lowest BCUT2D eigenvalue weighted by Crippen LogP contribution is -2.23. The number of aryl methyl sites for hydroxylation is 1. The van der Waals surface area contributed by atoms with Crippen LogP contribution in [0.15, 0.2) is 6.07 Å². The molecule has 16 heavy (non-hydrogen) atoms. The van der Waals surface area contributed by atoms with Gasteiger partial charge in [0, 0.05) is 24.0 Å². The van der Waals surface area contributed by atoms with Gasteiger partial charge in [-0.25, -0.2) is 4.68 Å². The second kappa shape index (κ2) is 3.45. The Bertz CT molecular complexity index is 522. The molecule has 0 saturated heterocycles. The van der Waals surface area contributed by atoms with E-state index in [1.54, 1.807) is 0 Å². The third-order valence-corrected chi connectivity index (χ3v) is 3.08. The Morgan fingerprint density at radius 3 is 2.94 bits per heavy atom. The summed E-state index contributed by atoms with van der Waals surface area (Å²) in [5, 5.41) is 15.1. The third kappa shape index (κ3) is 1.36. The van der Waals surface area contributed by atoms with Gasteiger partial charge >= 0.3 is 0 Å². The average molecular weight is 217 g/mol. The highest BCUT2D eigenvalue weighted by Crippen LogP contribution is 2.20. The Balaban J connectivity index is 2.11. The van der Waals surface area contributed by atoms with Gasteiger partial charge in [-0.1, -0.05) is 0 Å². The Kier molecular flexibility index (Phi) is 2.07. The predicted octanol–water partition coefficient (Wildman–Crippen LogP) is 0.858. The molecule has 3 rings (SSSR count). The molecule has 0 bridgehead atoms. The molecule has 5 heteroatoms. The average Bonchev–Trinajstić information content (AvgIpc) is 2.84. The zero-order chi connectivity index (χ0) is 11.1. The lowest BCUT2D eigenvalue weighted by Gasteiger charge is -2.10. The summed E-state index contributed by atoms with van der Waals surface area (Å²) in [5.41, 5.74) is 4.80. The first-order chi connectivity index (χ1) is 7.75. The van der Waals surface area contributed by atoms with E-state index in [9.17, 15) is 0 Å². The molecule has 0 amide bonds. The summed E-state index contributed by atoms with van der Waals surface area (Å²) in [6, 6.07) is 2.01. The minimum atomic E-state index is 0.868. The lowest BCUT2D eigenvalue weighted by atomic mass is 10.1. The minimum absolute atomic E-state index is 0.868. The van der Waals surface area contributed by atoms with Crippen molar-refractivity contribution in [2.45, 2.75) is 26.8 Å². The number of fused-ring (bicyclic) bond motifs is 1. The second-order valence-corrected chi connectivity index (χ2v) is 4.26. The second-order valence-electron chi connectivity index (χ2n) is 4.26. The first-order valence-corrected chi connectivity index (χ1v) is 5.56. The van der Waals surface area contributed by atoms with Crippen LogP contribution >= 0.6 is 0 Å². The quantitative estimate of drug-likeness (QED) is 0.744. The molecule has 0 aliphatic carbocycles. The van der Waals surface area contributed by atoms with Gasteiger partial charge in [-0.15, -0.1) is 0 Å². The van der Waals surface area contributed by atoms with Crippen molar-refractivity contribution in [2.24, 2.45) is 0 Å². The van der Waals surface area contributed by atoms with E-state index >= 15 is 0 Å². The molecular weight excluding hydrogens is 202 g/mol. The van der Waals surface area contributed by atoms with E-state index in [0.717, 1.165) is 36.7 Å². The zero-order valence-electron chi connectivity index (χ0n) is 9.54. The summed E-state index contributed by atoms with van der Waals surface area (Å²) in [7, 11) is 0. The van der Waals surface area contributed by atoms with Gasteiger partial charge < -0.3 is 5.32 Å². The van der Waals surface area contributed by atoms with Gasteiger partial charge in [0.2, 0.25) is 0 Å². The molecule has 3 heterocycles. The fourth-order valence-corrected chi connectivity index (χ4v) is 2.22. The smallest absolute Gasteiger partial charge is 0.175 e. The number of hydrogen-bond acceptors (Lipinski definition) is 3. The molecule has 1 aliphatic rings. The number of aromatic amines is 1. The number of nitrogens with one attached hydrogen (secondary N) is 2. The molecule has 2 aromatic heterocycles. The summed E-state index contributed by atoms with van der Waals surface area (Å²) >= 11 is 0. The molecule has 0 unspecified atom stereocenters. The van der Waals surface area contributed by atoms with Crippen molar-refractivity contribution in [3.8, 4) is 5.82 Å². The van der Waals surface area contributed by atoms with Gasteiger partial charge in [-0.2, -0.15) is 10.2 Å². The first-order valence-electron chi connectivity index (χ1n) is 5.56. The largest absolute Gasteiger partial charge is 0.311 e. The maximum atomic E-state index is 4.61. The summed E-state index contributed by atoms with van der Waals surface area (Å²) in [6.07, 6.45) is 1.06. The molecule has 0 fully saturated rings. The lowest BCUT2D eigenvalue weighted by molar-refractivity contribution is 0.628. The maximum absolute atomic E-state index is 4.61. The van der Waals surface area contributed by atoms with E-state index in [1.165, 1.54) is 11.3 Å². The standard InChI is InChI=1S/C11H15N5/c1-7-5-11(14-13-7)16-8(2)9-3-4-12-6-10(9)15-16/h5,12H,3-4,6H2,1-2H3,(H,13,14). The van der Waals surface area contributed by atoms with Crippen molar-refractivity contribution in [3.63, 3.8) is 0 Å². The third-order valence-electron chi connectivity index (χ3n) is 3.08. The predicted molar refractivity (Wildman–Crippen MR) is 60.6 cm³/mol. The van der Waals surface area contributed by atoms with Crippen molar-refractivity contribution < 1.29 is 0 Å². The highest BCUT2D eigenvalue weighted by Gasteiger charge is 2.18. The van der Waals surface area contributed by atoms with E-state index in [1.807, 2.05) is 17.7 Å². The minimum Gasteiger partial charge on any atom is -0.311 e. The Labute approximate surface area is 93.9 Å². The van der Waals surface area contributed by atoms with Crippen molar-refractivity contribution in [1.29, 1.82) is 0 Å². The molecule has 0 aromatic carbocycles. The monoisotopic (exact) mass is 217 g/mol. The summed E-state index contributed by atoms with van der Waals surface area (Å²) in [4.78, 5) is 0. The van der Waals surface area contributed by atoms with E-state index < -0.39 is 0 Å². The molecule has 0 atom stereocenters. The van der Waals surface area contributed by atoms with Gasteiger partial charge in [0.05, 0.1) is 5.69 Å². The topological polar surface area (TPSA) is 58.5 Å². The molecule has 0 radical (unpaired) electrons. The normalized spacial score (nSPS) is 15.1. The van der Waals surface area contributed by atoms with Crippen LogP contribution in [0.5, 0.6) is 0 Å². The molecule has 0 saturated carbocycles. The Morgan fingerprint density at radius 2 is 2.25 bits per heavy atom. The number of H-pyrrole nitrogens is 1. The number of rotatable bonds is 1. The highest BCUT2D eigenvalue weighted by molar-refractivity contribution is 5.34. The molecule has 0 spiro atoms. The van der Waals surface area contributed by atoms with Crippen LogP contribution in [0.1, 0.15) is 22.6 Å². The summed E-state index contributed by atoms with van der Waals surface area (Å²) in [6.45, 7) is 6.02. The van der Waals surface area contributed by atoms with Crippen LogP contribution < -0.4 is 5.32 Å². The van der Waals surface area contributed by atoms with Crippen LogP contribution in [0, 0.1) is 13.8 Å². The van der Waals surface area contributed by atoms with Gasteiger partial charge in [-0.05, 0) is 32.4 Å². The van der Waals surface area contributed by atoms with E-state index in [4.69, 9.17) is 0 Å². The van der Waals surface area contributed by atoms with Gasteiger partial charge in [0.1, 0.15) is 0 Å². The van der Waals surface area contributed by atoms with Crippen molar-refractivity contribution >= 4 is 0 Å². The maximum Gasteiger partial charge on any atom is 0.175 e. The van der Waals surface area contributed by atoms with Crippen LogP contribution in [-0.4, -0.2) is 26.5 Å². The summed E-state index contributed by atoms with van der Waals surface area (Å²) in [5.74, 6) is 0.879. The van der Waals surface area contributed by atoms with Crippen LogP contribution in [0.25, 0.3) is 5.82 Å². The van der Waals surface area contributed by atoms with Crippen LogP contribution in [0.3, 0.4) is 0 Å². The summed E-state index contributed by atoms with van der Waals surface area (Å²) < 4.78 is 1.93. The Morgan fingerprint density at radius 1 is 1.38 bits per heavy atom. The van der Waals surface area contributed by atoms with Crippen LogP contribution in [0.2, 0.25) is 0 Å². The molecule has 2 aromatic rings.